The molecule has 5 heteroatoms. The van der Waals surface area contributed by atoms with Crippen LogP contribution in [0.4, 0.5) is 5.13 Å². The van der Waals surface area contributed by atoms with E-state index in [-0.39, 0.29) is 23.5 Å². The molecule has 0 aliphatic carbocycles. The maximum Gasteiger partial charge on any atom is 0.229 e. The van der Waals surface area contributed by atoms with Crippen molar-refractivity contribution >= 4 is 22.4 Å². The van der Waals surface area contributed by atoms with Gasteiger partial charge in [0.05, 0.1) is 0 Å². The summed E-state index contributed by atoms with van der Waals surface area (Å²) < 4.78 is 0. The van der Waals surface area contributed by atoms with Crippen molar-refractivity contribution in [2.45, 2.75) is 12.8 Å². The molecule has 4 nitrogen and oxygen atoms in total. The Morgan fingerprint density at radius 3 is 2.38 bits per heavy atom. The number of aromatic nitrogens is 1. The number of aromatic hydroxyl groups is 1. The summed E-state index contributed by atoms with van der Waals surface area (Å²) in [5.74, 6) is -0.259. The third-order valence-electron chi connectivity index (χ3n) is 3.99. The second kappa shape index (κ2) is 7.27. The lowest BCUT2D eigenvalue weighted by Crippen LogP contribution is -2.26. The quantitative estimate of drug-likeness (QED) is 0.731. The lowest BCUT2D eigenvalue weighted by molar-refractivity contribution is -0.119. The predicted octanol–water partition coefficient (Wildman–Crippen LogP) is 4.26. The average molecular weight is 338 g/mol. The van der Waals surface area contributed by atoms with Gasteiger partial charge in [-0.1, -0.05) is 49.4 Å². The van der Waals surface area contributed by atoms with Crippen molar-refractivity contribution in [1.82, 2.24) is 4.98 Å². The summed E-state index contributed by atoms with van der Waals surface area (Å²) in [4.78, 5) is 16.8. The van der Waals surface area contributed by atoms with Crippen LogP contribution in [0, 0.1) is 5.92 Å². The molecule has 0 bridgehead atoms. The zero-order valence-electron chi connectivity index (χ0n) is 13.2. The van der Waals surface area contributed by atoms with Crippen LogP contribution in [0.3, 0.4) is 0 Å². The molecule has 0 spiro atoms. The standard InChI is InChI=1S/C19H18N2O2S/c1-13(18(23)21-19-20-11-12-24-19)17(14-5-3-2-4-6-14)15-7-9-16(22)10-8-15/h2-13,17,22H,1H3,(H,20,21,23)/t13?,17-/m1/s1. The molecule has 3 rings (SSSR count). The fraction of sp³-hybridized carbons (Fsp3) is 0.158. The molecule has 0 saturated carbocycles. The Balaban J connectivity index is 1.91. The molecule has 1 heterocycles. The van der Waals surface area contributed by atoms with E-state index in [1.807, 2.05) is 54.8 Å². The van der Waals surface area contributed by atoms with E-state index in [0.717, 1.165) is 11.1 Å². The van der Waals surface area contributed by atoms with Crippen LogP contribution in [0.2, 0.25) is 0 Å². The fourth-order valence-corrected chi connectivity index (χ4v) is 3.30. The summed E-state index contributed by atoms with van der Waals surface area (Å²) in [6.07, 6.45) is 1.67. The molecule has 0 aliphatic rings. The highest BCUT2D eigenvalue weighted by Crippen LogP contribution is 2.33. The molecule has 24 heavy (non-hydrogen) atoms. The zero-order chi connectivity index (χ0) is 16.9. The third kappa shape index (κ3) is 3.63. The molecule has 3 aromatic rings. The molecule has 1 amide bonds. The third-order valence-corrected chi connectivity index (χ3v) is 4.68. The highest BCUT2D eigenvalue weighted by Gasteiger charge is 2.27. The lowest BCUT2D eigenvalue weighted by atomic mass is 9.81. The molecule has 0 aliphatic heterocycles. The van der Waals surface area contributed by atoms with E-state index in [2.05, 4.69) is 10.3 Å². The van der Waals surface area contributed by atoms with Gasteiger partial charge in [-0.3, -0.25) is 4.79 Å². The number of carbonyl (C=O) groups excluding carboxylic acids is 1. The Kier molecular flexibility index (Phi) is 4.91. The maximum absolute atomic E-state index is 12.7. The number of amides is 1. The summed E-state index contributed by atoms with van der Waals surface area (Å²) in [5, 5.41) is 14.8. The van der Waals surface area contributed by atoms with Crippen LogP contribution < -0.4 is 5.32 Å². The highest BCUT2D eigenvalue weighted by atomic mass is 32.1. The van der Waals surface area contributed by atoms with Crippen molar-refractivity contribution in [3.05, 3.63) is 77.3 Å². The number of phenols is 1. The van der Waals surface area contributed by atoms with Gasteiger partial charge in [0, 0.05) is 23.4 Å². The number of rotatable bonds is 5. The molecular weight excluding hydrogens is 320 g/mol. The smallest absolute Gasteiger partial charge is 0.229 e. The van der Waals surface area contributed by atoms with Crippen molar-refractivity contribution in [2.24, 2.45) is 5.92 Å². The minimum Gasteiger partial charge on any atom is -0.508 e. The number of benzene rings is 2. The van der Waals surface area contributed by atoms with Crippen LogP contribution in [0.5, 0.6) is 5.75 Å². The first-order chi connectivity index (χ1) is 11.6. The number of phenolic OH excluding ortho intramolecular Hbond substituents is 1. The Bertz CT molecular complexity index is 786. The van der Waals surface area contributed by atoms with Crippen LogP contribution in [0.1, 0.15) is 24.0 Å². The van der Waals surface area contributed by atoms with E-state index in [9.17, 15) is 9.90 Å². The molecule has 122 valence electrons. The first-order valence-corrected chi connectivity index (χ1v) is 8.57. The molecule has 0 radical (unpaired) electrons. The first kappa shape index (κ1) is 16.2. The lowest BCUT2D eigenvalue weighted by Gasteiger charge is -2.24. The summed E-state index contributed by atoms with van der Waals surface area (Å²) in [6, 6.07) is 16.9. The minimum absolute atomic E-state index is 0.0770. The Labute approximate surface area is 144 Å². The Hall–Kier alpha value is -2.66. The van der Waals surface area contributed by atoms with Crippen molar-refractivity contribution < 1.29 is 9.90 Å². The van der Waals surface area contributed by atoms with Crippen LogP contribution in [0.25, 0.3) is 0 Å². The summed E-state index contributed by atoms with van der Waals surface area (Å²) in [5.41, 5.74) is 2.05. The molecule has 0 fully saturated rings. The fourth-order valence-electron chi connectivity index (χ4n) is 2.77. The van der Waals surface area contributed by atoms with E-state index in [1.54, 1.807) is 18.3 Å². The summed E-state index contributed by atoms with van der Waals surface area (Å²) >= 11 is 1.40. The van der Waals surface area contributed by atoms with E-state index in [4.69, 9.17) is 0 Å². The Morgan fingerprint density at radius 1 is 1.08 bits per heavy atom. The van der Waals surface area contributed by atoms with Gasteiger partial charge in [0.25, 0.3) is 0 Å². The van der Waals surface area contributed by atoms with Crippen LogP contribution in [-0.2, 0) is 4.79 Å². The Morgan fingerprint density at radius 2 is 1.75 bits per heavy atom. The largest absolute Gasteiger partial charge is 0.508 e. The van der Waals surface area contributed by atoms with Crippen LogP contribution in [-0.4, -0.2) is 16.0 Å². The number of nitrogens with zero attached hydrogens (tertiary/aromatic N) is 1. The number of nitrogens with one attached hydrogen (secondary N) is 1. The van der Waals surface area contributed by atoms with Gasteiger partial charge in [-0.05, 0) is 23.3 Å². The zero-order valence-corrected chi connectivity index (χ0v) is 14.0. The van der Waals surface area contributed by atoms with Crippen molar-refractivity contribution in [3.63, 3.8) is 0 Å². The van der Waals surface area contributed by atoms with E-state index in [0.29, 0.717) is 5.13 Å². The number of hydrogen-bond acceptors (Lipinski definition) is 4. The second-order valence-electron chi connectivity index (χ2n) is 5.60. The summed E-state index contributed by atoms with van der Waals surface area (Å²) in [7, 11) is 0. The number of anilines is 1. The molecule has 2 aromatic carbocycles. The van der Waals surface area contributed by atoms with Gasteiger partial charge in [-0.2, -0.15) is 0 Å². The van der Waals surface area contributed by atoms with Gasteiger partial charge in [0.1, 0.15) is 5.75 Å². The molecule has 2 N–H and O–H groups in total. The van der Waals surface area contributed by atoms with E-state index >= 15 is 0 Å². The molecule has 2 atom stereocenters. The van der Waals surface area contributed by atoms with Gasteiger partial charge >= 0.3 is 0 Å². The molecule has 1 unspecified atom stereocenters. The van der Waals surface area contributed by atoms with Gasteiger partial charge in [-0.25, -0.2) is 4.98 Å². The van der Waals surface area contributed by atoms with Gasteiger partial charge in [0.15, 0.2) is 5.13 Å². The monoisotopic (exact) mass is 338 g/mol. The number of thiazole rings is 1. The van der Waals surface area contributed by atoms with Gasteiger partial charge in [0.2, 0.25) is 5.91 Å². The van der Waals surface area contributed by atoms with Crippen molar-refractivity contribution in [3.8, 4) is 5.75 Å². The highest BCUT2D eigenvalue weighted by molar-refractivity contribution is 7.13. The van der Waals surface area contributed by atoms with Crippen molar-refractivity contribution in [2.75, 3.05) is 5.32 Å². The molecular formula is C19H18N2O2S. The van der Waals surface area contributed by atoms with Crippen molar-refractivity contribution in [1.29, 1.82) is 0 Å². The van der Waals surface area contributed by atoms with Crippen LogP contribution in [0.15, 0.2) is 66.2 Å². The topological polar surface area (TPSA) is 62.2 Å². The summed E-state index contributed by atoms with van der Waals surface area (Å²) in [6.45, 7) is 1.91. The van der Waals surface area contributed by atoms with E-state index in [1.165, 1.54) is 11.3 Å². The van der Waals surface area contributed by atoms with E-state index < -0.39 is 0 Å². The van der Waals surface area contributed by atoms with Gasteiger partial charge < -0.3 is 10.4 Å². The van der Waals surface area contributed by atoms with Gasteiger partial charge in [-0.15, -0.1) is 11.3 Å². The number of hydrogen-bond donors (Lipinski definition) is 2. The SMILES string of the molecule is CC(C(=O)Nc1nccs1)[C@H](c1ccccc1)c1ccc(O)cc1. The second-order valence-corrected chi connectivity index (χ2v) is 6.49. The molecule has 1 aromatic heterocycles. The number of carbonyl (C=O) groups is 1. The van der Waals surface area contributed by atoms with Crippen LogP contribution >= 0.6 is 11.3 Å². The maximum atomic E-state index is 12.7. The average Bonchev–Trinajstić information content (AvgIpc) is 3.10. The molecule has 0 saturated heterocycles. The first-order valence-electron chi connectivity index (χ1n) is 7.69. The normalized spacial score (nSPS) is 13.2. The predicted molar refractivity (Wildman–Crippen MR) is 96.3 cm³/mol. The minimum atomic E-state index is -0.291.